The first-order chi connectivity index (χ1) is 8.02. The molecule has 0 radical (unpaired) electrons. The molecule has 0 aliphatic rings. The second kappa shape index (κ2) is 3.93. The third-order valence-corrected chi connectivity index (χ3v) is 2.68. The number of carboxylic acid groups (broad SMARTS) is 1. The fraction of sp³-hybridized carbons (Fsp3) is 0.167. The maximum absolute atomic E-state index is 11.7. The van der Waals surface area contributed by atoms with Crippen LogP contribution in [0.1, 0.15) is 13.0 Å². The summed E-state index contributed by atoms with van der Waals surface area (Å²) in [6, 6.07) is 6.69. The van der Waals surface area contributed by atoms with Gasteiger partial charge in [0.25, 0.3) is 5.56 Å². The van der Waals surface area contributed by atoms with Gasteiger partial charge in [0.05, 0.1) is 5.52 Å². The molecule has 1 heterocycles. The van der Waals surface area contributed by atoms with Crippen LogP contribution in [-0.2, 0) is 4.79 Å². The third-order valence-electron chi connectivity index (χ3n) is 2.68. The maximum atomic E-state index is 11.7. The summed E-state index contributed by atoms with van der Waals surface area (Å²) in [6.45, 7) is 1.42. The van der Waals surface area contributed by atoms with Crippen molar-refractivity contribution in [3.63, 3.8) is 0 Å². The van der Waals surface area contributed by atoms with E-state index in [1.807, 2.05) is 0 Å². The van der Waals surface area contributed by atoms with Crippen molar-refractivity contribution in [2.45, 2.75) is 13.0 Å². The van der Waals surface area contributed by atoms with Crippen LogP contribution in [0, 0.1) is 0 Å². The molecular formula is C12H11NO4. The van der Waals surface area contributed by atoms with Gasteiger partial charge in [-0.1, -0.05) is 12.1 Å². The Morgan fingerprint density at radius 2 is 2.00 bits per heavy atom. The zero-order valence-electron chi connectivity index (χ0n) is 9.12. The molecule has 2 N–H and O–H groups in total. The third kappa shape index (κ3) is 1.75. The monoisotopic (exact) mass is 233 g/mol. The number of pyridine rings is 1. The second-order valence-electron chi connectivity index (χ2n) is 3.77. The Bertz CT molecular complexity index is 644. The first kappa shape index (κ1) is 11.2. The fourth-order valence-electron chi connectivity index (χ4n) is 1.79. The van der Waals surface area contributed by atoms with Gasteiger partial charge in [-0.2, -0.15) is 0 Å². The van der Waals surface area contributed by atoms with Gasteiger partial charge in [-0.3, -0.25) is 9.36 Å². The lowest BCUT2D eigenvalue weighted by molar-refractivity contribution is -0.140. The fourth-order valence-corrected chi connectivity index (χ4v) is 1.79. The van der Waals surface area contributed by atoms with Crippen molar-refractivity contribution in [2.24, 2.45) is 0 Å². The SMILES string of the molecule is CC(C(=O)O)n1c(=O)cc(O)c2ccccc21. The molecule has 17 heavy (non-hydrogen) atoms. The predicted octanol–water partition coefficient (Wildman–Crippen LogP) is 1.35. The minimum atomic E-state index is -1.09. The number of aromatic nitrogens is 1. The van der Waals surface area contributed by atoms with Gasteiger partial charge in [-0.15, -0.1) is 0 Å². The van der Waals surface area contributed by atoms with E-state index in [4.69, 9.17) is 5.11 Å². The summed E-state index contributed by atoms with van der Waals surface area (Å²) >= 11 is 0. The number of hydrogen-bond donors (Lipinski definition) is 2. The van der Waals surface area contributed by atoms with Gasteiger partial charge in [-0.05, 0) is 19.1 Å². The summed E-state index contributed by atoms with van der Waals surface area (Å²) in [6.07, 6.45) is 0. The van der Waals surface area contributed by atoms with Gasteiger partial charge in [0, 0.05) is 11.5 Å². The number of para-hydroxylation sites is 1. The molecule has 0 aliphatic carbocycles. The van der Waals surface area contributed by atoms with Crippen LogP contribution in [0.25, 0.3) is 10.9 Å². The molecule has 1 atom stereocenters. The highest BCUT2D eigenvalue weighted by Crippen LogP contribution is 2.23. The van der Waals surface area contributed by atoms with Crippen LogP contribution >= 0.6 is 0 Å². The van der Waals surface area contributed by atoms with E-state index >= 15 is 0 Å². The lowest BCUT2D eigenvalue weighted by Gasteiger charge is -2.14. The van der Waals surface area contributed by atoms with Crippen LogP contribution in [-0.4, -0.2) is 20.7 Å². The normalized spacial score (nSPS) is 12.5. The second-order valence-corrected chi connectivity index (χ2v) is 3.77. The van der Waals surface area contributed by atoms with Crippen molar-refractivity contribution >= 4 is 16.9 Å². The molecule has 0 fully saturated rings. The maximum Gasteiger partial charge on any atom is 0.326 e. The van der Waals surface area contributed by atoms with E-state index in [9.17, 15) is 14.7 Å². The molecule has 0 spiro atoms. The number of aromatic hydroxyl groups is 1. The van der Waals surface area contributed by atoms with Crippen molar-refractivity contribution in [1.82, 2.24) is 4.57 Å². The molecule has 88 valence electrons. The number of benzene rings is 1. The number of rotatable bonds is 2. The van der Waals surface area contributed by atoms with E-state index in [1.165, 1.54) is 6.92 Å². The van der Waals surface area contributed by atoms with Crippen molar-refractivity contribution in [1.29, 1.82) is 0 Å². The summed E-state index contributed by atoms with van der Waals surface area (Å²) < 4.78 is 1.15. The number of carbonyl (C=O) groups is 1. The minimum absolute atomic E-state index is 0.139. The Balaban J connectivity index is 2.87. The van der Waals surface area contributed by atoms with E-state index in [1.54, 1.807) is 24.3 Å². The van der Waals surface area contributed by atoms with Gasteiger partial charge >= 0.3 is 5.97 Å². The summed E-state index contributed by atoms with van der Waals surface area (Å²) in [5, 5.41) is 19.1. The summed E-state index contributed by atoms with van der Waals surface area (Å²) in [7, 11) is 0. The van der Waals surface area contributed by atoms with Gasteiger partial charge in [0.2, 0.25) is 0 Å². The van der Waals surface area contributed by atoms with E-state index < -0.39 is 17.6 Å². The number of nitrogens with zero attached hydrogens (tertiary/aromatic N) is 1. The lowest BCUT2D eigenvalue weighted by Crippen LogP contribution is -2.27. The molecule has 0 aliphatic heterocycles. The van der Waals surface area contributed by atoms with Crippen LogP contribution in [0.15, 0.2) is 35.1 Å². The highest BCUT2D eigenvalue weighted by molar-refractivity contribution is 5.86. The molecule has 5 nitrogen and oxygen atoms in total. The number of aliphatic carboxylic acids is 1. The zero-order valence-corrected chi connectivity index (χ0v) is 9.12. The predicted molar refractivity (Wildman–Crippen MR) is 62.2 cm³/mol. The van der Waals surface area contributed by atoms with Crippen LogP contribution in [0.4, 0.5) is 0 Å². The van der Waals surface area contributed by atoms with E-state index in [0.717, 1.165) is 10.6 Å². The average molecular weight is 233 g/mol. The van der Waals surface area contributed by atoms with Crippen LogP contribution < -0.4 is 5.56 Å². The highest BCUT2D eigenvalue weighted by Gasteiger charge is 2.18. The zero-order chi connectivity index (χ0) is 12.6. The molecule has 0 saturated carbocycles. The minimum Gasteiger partial charge on any atom is -0.507 e. The van der Waals surface area contributed by atoms with Gasteiger partial charge < -0.3 is 10.2 Å². The highest BCUT2D eigenvalue weighted by atomic mass is 16.4. The Morgan fingerprint density at radius 3 is 2.65 bits per heavy atom. The Hall–Kier alpha value is -2.30. The van der Waals surface area contributed by atoms with Crippen molar-refractivity contribution < 1.29 is 15.0 Å². The van der Waals surface area contributed by atoms with Crippen LogP contribution in [0.2, 0.25) is 0 Å². The molecule has 0 saturated heterocycles. The number of fused-ring (bicyclic) bond motifs is 1. The summed E-state index contributed by atoms with van der Waals surface area (Å²) in [4.78, 5) is 22.7. The van der Waals surface area contributed by atoms with Crippen molar-refractivity contribution in [3.05, 3.63) is 40.7 Å². The van der Waals surface area contributed by atoms with Crippen LogP contribution in [0.5, 0.6) is 5.75 Å². The smallest absolute Gasteiger partial charge is 0.326 e. The molecule has 1 unspecified atom stereocenters. The quantitative estimate of drug-likeness (QED) is 0.820. The molecule has 5 heteroatoms. The summed E-state index contributed by atoms with van der Waals surface area (Å²) in [5.41, 5.74) is -0.122. The topological polar surface area (TPSA) is 79.5 Å². The molecule has 1 aromatic heterocycles. The first-order valence-electron chi connectivity index (χ1n) is 5.08. The lowest BCUT2D eigenvalue weighted by atomic mass is 10.1. The van der Waals surface area contributed by atoms with Gasteiger partial charge in [0.1, 0.15) is 11.8 Å². The number of carboxylic acids is 1. The van der Waals surface area contributed by atoms with Crippen molar-refractivity contribution in [3.8, 4) is 5.75 Å². The van der Waals surface area contributed by atoms with E-state index in [2.05, 4.69) is 0 Å². The Kier molecular flexibility index (Phi) is 2.59. The molecule has 0 bridgehead atoms. The Morgan fingerprint density at radius 1 is 1.35 bits per heavy atom. The summed E-state index contributed by atoms with van der Waals surface area (Å²) in [5.74, 6) is -1.23. The largest absolute Gasteiger partial charge is 0.507 e. The molecule has 0 amide bonds. The molecule has 2 rings (SSSR count). The molecule has 1 aromatic carbocycles. The van der Waals surface area contributed by atoms with Crippen molar-refractivity contribution in [2.75, 3.05) is 0 Å². The first-order valence-corrected chi connectivity index (χ1v) is 5.08. The number of hydrogen-bond acceptors (Lipinski definition) is 3. The van der Waals surface area contributed by atoms with Crippen LogP contribution in [0.3, 0.4) is 0 Å². The standard InChI is InChI=1S/C12H11NO4/c1-7(12(16)17)13-9-5-3-2-4-8(9)10(14)6-11(13)15/h2-7,14H,1H3,(H,16,17). The van der Waals surface area contributed by atoms with E-state index in [-0.39, 0.29) is 5.75 Å². The van der Waals surface area contributed by atoms with Gasteiger partial charge in [0.15, 0.2) is 0 Å². The van der Waals surface area contributed by atoms with Gasteiger partial charge in [-0.25, -0.2) is 4.79 Å². The molecular weight excluding hydrogens is 222 g/mol. The molecule has 2 aromatic rings. The van der Waals surface area contributed by atoms with E-state index in [0.29, 0.717) is 10.9 Å². The average Bonchev–Trinajstić information content (AvgIpc) is 2.28. The Labute approximate surface area is 96.5 Å².